The fraction of sp³-hybridized carbons (Fsp3) is 0.371. The number of amides is 4. The highest BCUT2D eigenvalue weighted by atomic mass is 16.6. The number of para-hydroxylation sites is 2. The fourth-order valence-electron chi connectivity index (χ4n) is 4.85. The molecule has 1 fully saturated rings. The minimum atomic E-state index is -0.660. The second-order valence-corrected chi connectivity index (χ2v) is 12.0. The van der Waals surface area contributed by atoms with E-state index in [-0.39, 0.29) is 11.9 Å². The van der Waals surface area contributed by atoms with Gasteiger partial charge in [-0.05, 0) is 74.7 Å². The average Bonchev–Trinajstić information content (AvgIpc) is 3.02. The van der Waals surface area contributed by atoms with E-state index in [1.165, 1.54) is 0 Å². The Morgan fingerprint density at radius 3 is 2.15 bits per heavy atom. The third-order valence-corrected chi connectivity index (χ3v) is 7.18. The summed E-state index contributed by atoms with van der Waals surface area (Å²) in [5.74, 6) is -0.343. The molecule has 0 aliphatic carbocycles. The summed E-state index contributed by atoms with van der Waals surface area (Å²) in [6.07, 6.45) is 0.491. The van der Waals surface area contributed by atoms with Crippen molar-refractivity contribution in [1.82, 2.24) is 9.80 Å². The number of anilines is 3. The number of hydrogen-bond acceptors (Lipinski definition) is 7. The Morgan fingerprint density at radius 1 is 0.891 bits per heavy atom. The summed E-state index contributed by atoms with van der Waals surface area (Å²) in [6.45, 7) is 10.3. The average molecular weight is 627 g/mol. The van der Waals surface area contributed by atoms with Crippen LogP contribution in [0, 0.1) is 11.3 Å². The van der Waals surface area contributed by atoms with Crippen molar-refractivity contribution in [3.8, 4) is 6.07 Å². The third kappa shape index (κ3) is 10.9. The molecule has 46 heavy (non-hydrogen) atoms. The molecule has 11 nitrogen and oxygen atoms in total. The van der Waals surface area contributed by atoms with Gasteiger partial charge >= 0.3 is 12.1 Å². The summed E-state index contributed by atoms with van der Waals surface area (Å²) in [5.41, 5.74) is 3.03. The van der Waals surface area contributed by atoms with Gasteiger partial charge in [0.05, 0.1) is 37.1 Å². The predicted molar refractivity (Wildman–Crippen MR) is 178 cm³/mol. The molecule has 1 heterocycles. The van der Waals surface area contributed by atoms with Crippen molar-refractivity contribution in [2.45, 2.75) is 45.8 Å². The van der Waals surface area contributed by atoms with Gasteiger partial charge in [-0.1, -0.05) is 36.4 Å². The summed E-state index contributed by atoms with van der Waals surface area (Å²) in [6, 6.07) is 23.1. The molecular formula is C35H42N6O5. The van der Waals surface area contributed by atoms with Crippen molar-refractivity contribution in [3.05, 3.63) is 89.5 Å². The van der Waals surface area contributed by atoms with Crippen LogP contribution in [0.1, 0.15) is 48.7 Å². The number of nitriles is 1. The topological polar surface area (TPSA) is 136 Å². The monoisotopic (exact) mass is 626 g/mol. The largest absolute Gasteiger partial charge is 0.444 e. The number of morpholine rings is 1. The van der Waals surface area contributed by atoms with Gasteiger partial charge in [0, 0.05) is 44.0 Å². The van der Waals surface area contributed by atoms with E-state index in [0.29, 0.717) is 42.1 Å². The van der Waals surface area contributed by atoms with Crippen LogP contribution < -0.4 is 16.0 Å². The van der Waals surface area contributed by atoms with E-state index in [0.717, 1.165) is 50.4 Å². The lowest BCUT2D eigenvalue weighted by Crippen LogP contribution is -2.40. The second-order valence-electron chi connectivity index (χ2n) is 12.0. The first-order valence-electron chi connectivity index (χ1n) is 15.4. The van der Waals surface area contributed by atoms with Gasteiger partial charge in [0.15, 0.2) is 0 Å². The van der Waals surface area contributed by atoms with Gasteiger partial charge < -0.3 is 25.0 Å². The molecule has 0 unspecified atom stereocenters. The smallest absolute Gasteiger partial charge is 0.412 e. The van der Waals surface area contributed by atoms with Crippen LogP contribution in [0.3, 0.4) is 0 Å². The quantitative estimate of drug-likeness (QED) is 0.234. The number of carbonyl (C=O) groups excluding carboxylic acids is 3. The first-order chi connectivity index (χ1) is 22.1. The number of benzene rings is 3. The molecule has 0 radical (unpaired) electrons. The maximum Gasteiger partial charge on any atom is 0.412 e. The van der Waals surface area contributed by atoms with Crippen LogP contribution in [0.25, 0.3) is 0 Å². The van der Waals surface area contributed by atoms with Gasteiger partial charge in [0.25, 0.3) is 5.91 Å². The van der Waals surface area contributed by atoms with Crippen LogP contribution in [0.15, 0.2) is 72.8 Å². The van der Waals surface area contributed by atoms with E-state index in [1.54, 1.807) is 74.2 Å². The van der Waals surface area contributed by atoms with Crippen molar-refractivity contribution in [1.29, 1.82) is 5.26 Å². The van der Waals surface area contributed by atoms with Crippen molar-refractivity contribution in [2.75, 3.05) is 55.3 Å². The molecule has 1 saturated heterocycles. The van der Waals surface area contributed by atoms with Gasteiger partial charge in [-0.2, -0.15) is 5.26 Å². The molecule has 0 bridgehead atoms. The van der Waals surface area contributed by atoms with Gasteiger partial charge in [0.1, 0.15) is 5.60 Å². The van der Waals surface area contributed by atoms with Crippen molar-refractivity contribution in [3.63, 3.8) is 0 Å². The SMILES string of the molecule is CC(C)(C)OC(=O)Nc1ccccc1NC(=O)c1ccc(CN(CCCN2CCOCC2)C(=O)Nc2ccc(CC#N)cc2)cc1. The fourth-order valence-corrected chi connectivity index (χ4v) is 4.85. The molecule has 0 saturated carbocycles. The Balaban J connectivity index is 1.40. The third-order valence-electron chi connectivity index (χ3n) is 7.18. The molecule has 3 aromatic rings. The highest BCUT2D eigenvalue weighted by Gasteiger charge is 2.19. The van der Waals surface area contributed by atoms with Gasteiger partial charge in [-0.25, -0.2) is 9.59 Å². The van der Waals surface area contributed by atoms with Gasteiger partial charge in [0.2, 0.25) is 0 Å². The van der Waals surface area contributed by atoms with Crippen molar-refractivity contribution in [2.24, 2.45) is 0 Å². The van der Waals surface area contributed by atoms with E-state index < -0.39 is 11.7 Å². The van der Waals surface area contributed by atoms with E-state index >= 15 is 0 Å². The molecule has 0 spiro atoms. The Kier molecular flexibility index (Phi) is 12.1. The van der Waals surface area contributed by atoms with E-state index in [4.69, 9.17) is 14.7 Å². The molecule has 1 aliphatic rings. The molecule has 242 valence electrons. The zero-order valence-electron chi connectivity index (χ0n) is 26.7. The Labute approximate surface area is 270 Å². The zero-order valence-corrected chi connectivity index (χ0v) is 26.7. The summed E-state index contributed by atoms with van der Waals surface area (Å²) in [4.78, 5) is 42.9. The Hall–Kier alpha value is -4.92. The molecule has 11 heteroatoms. The summed E-state index contributed by atoms with van der Waals surface area (Å²) < 4.78 is 10.8. The van der Waals surface area contributed by atoms with Crippen molar-refractivity contribution >= 4 is 35.1 Å². The lowest BCUT2D eigenvalue weighted by atomic mass is 10.1. The number of nitrogens with one attached hydrogen (secondary N) is 3. The highest BCUT2D eigenvalue weighted by Crippen LogP contribution is 2.23. The Bertz CT molecular complexity index is 1510. The van der Waals surface area contributed by atoms with Crippen LogP contribution in [-0.2, 0) is 22.4 Å². The second kappa shape index (κ2) is 16.4. The minimum absolute atomic E-state index is 0.231. The van der Waals surface area contributed by atoms with E-state index in [1.807, 2.05) is 24.3 Å². The van der Waals surface area contributed by atoms with E-state index in [9.17, 15) is 14.4 Å². The molecule has 4 amide bonds. The maximum atomic E-state index is 13.4. The first kappa shape index (κ1) is 34.0. The molecule has 0 atom stereocenters. The van der Waals surface area contributed by atoms with Gasteiger partial charge in [-0.15, -0.1) is 0 Å². The summed E-state index contributed by atoms with van der Waals surface area (Å²) in [7, 11) is 0. The standard InChI is InChI=1S/C35H42N6O5/c1-35(2,3)46-34(44)39-31-8-5-4-7-30(31)38-32(42)28-13-9-27(10-14-28)25-41(20-6-19-40-21-23-45-24-22-40)33(43)37-29-15-11-26(12-16-29)17-18-36/h4-5,7-16H,6,17,19-25H2,1-3H3,(H,37,43)(H,38,42)(H,39,44). The maximum absolute atomic E-state index is 13.4. The van der Waals surface area contributed by atoms with Crippen LogP contribution in [-0.4, -0.2) is 72.8 Å². The lowest BCUT2D eigenvalue weighted by molar-refractivity contribution is 0.0365. The van der Waals surface area contributed by atoms with E-state index in [2.05, 4.69) is 26.9 Å². The number of hydrogen-bond donors (Lipinski definition) is 3. The number of urea groups is 1. The van der Waals surface area contributed by atoms with Gasteiger partial charge in [-0.3, -0.25) is 15.0 Å². The zero-order chi connectivity index (χ0) is 32.9. The van der Waals surface area contributed by atoms with Crippen molar-refractivity contribution < 1.29 is 23.9 Å². The molecule has 3 aromatic carbocycles. The van der Waals surface area contributed by atoms with Crippen LogP contribution in [0.5, 0.6) is 0 Å². The molecule has 3 N–H and O–H groups in total. The molecule has 4 rings (SSSR count). The number of carbonyl (C=O) groups is 3. The number of ether oxygens (including phenoxy) is 2. The normalized spacial score (nSPS) is 13.3. The van der Waals surface area contributed by atoms with Crippen LogP contribution in [0.2, 0.25) is 0 Å². The lowest BCUT2D eigenvalue weighted by Gasteiger charge is -2.28. The number of rotatable bonds is 11. The predicted octanol–water partition coefficient (Wildman–Crippen LogP) is 6.11. The van der Waals surface area contributed by atoms with Crippen LogP contribution in [0.4, 0.5) is 26.7 Å². The molecular weight excluding hydrogens is 584 g/mol. The summed E-state index contributed by atoms with van der Waals surface area (Å²) in [5, 5.41) is 17.5. The highest BCUT2D eigenvalue weighted by molar-refractivity contribution is 6.06. The van der Waals surface area contributed by atoms with Crippen LogP contribution >= 0.6 is 0 Å². The Morgan fingerprint density at radius 2 is 1.52 bits per heavy atom. The number of nitrogens with zero attached hydrogens (tertiary/aromatic N) is 3. The first-order valence-corrected chi connectivity index (χ1v) is 15.4. The minimum Gasteiger partial charge on any atom is -0.444 e. The molecule has 1 aliphatic heterocycles. The molecule has 0 aromatic heterocycles. The summed E-state index contributed by atoms with van der Waals surface area (Å²) >= 11 is 0.